The van der Waals surface area contributed by atoms with Crippen molar-refractivity contribution >= 4 is 16.7 Å². The Kier molecular flexibility index (Phi) is 1.93. The first kappa shape index (κ1) is 8.69. The zero-order valence-corrected chi connectivity index (χ0v) is 7.82. The first-order chi connectivity index (χ1) is 6.68. The lowest BCUT2D eigenvalue weighted by molar-refractivity contribution is 0.0997. The average Bonchev–Trinajstić information content (AvgIpc) is 2.16. The van der Waals surface area contributed by atoms with Crippen LogP contribution in [0.1, 0.15) is 16.2 Å². The predicted molar refractivity (Wildman–Crippen MR) is 55.0 cm³/mol. The van der Waals surface area contributed by atoms with Gasteiger partial charge in [-0.25, -0.2) is 4.98 Å². The van der Waals surface area contributed by atoms with Crippen LogP contribution in [-0.2, 0) is 0 Å². The highest BCUT2D eigenvalue weighted by Crippen LogP contribution is 2.17. The smallest absolute Gasteiger partial charge is 0.267 e. The molecule has 0 aliphatic carbocycles. The number of amides is 1. The van der Waals surface area contributed by atoms with Gasteiger partial charge in [0.25, 0.3) is 5.91 Å². The van der Waals surface area contributed by atoms with E-state index >= 15 is 0 Å². The van der Waals surface area contributed by atoms with Crippen molar-refractivity contribution in [1.29, 1.82) is 0 Å². The van der Waals surface area contributed by atoms with Crippen LogP contribution in [0.2, 0.25) is 0 Å². The number of aromatic nitrogens is 1. The van der Waals surface area contributed by atoms with Crippen LogP contribution in [0.5, 0.6) is 0 Å². The lowest BCUT2D eigenvalue weighted by Crippen LogP contribution is -2.14. The van der Waals surface area contributed by atoms with E-state index in [0.29, 0.717) is 5.69 Å². The molecular formula is C11H10N2O. The number of nitrogens with two attached hydrogens (primary N) is 1. The van der Waals surface area contributed by atoms with Crippen LogP contribution in [0, 0.1) is 6.92 Å². The molecular weight excluding hydrogens is 176 g/mol. The molecule has 0 fully saturated rings. The minimum absolute atomic E-state index is 0.348. The molecule has 0 bridgehead atoms. The Morgan fingerprint density at radius 1 is 1.36 bits per heavy atom. The molecule has 1 aromatic heterocycles. The molecule has 0 aliphatic heterocycles. The average molecular weight is 186 g/mol. The molecule has 2 rings (SSSR count). The Hall–Kier alpha value is -1.90. The van der Waals surface area contributed by atoms with E-state index in [1.807, 2.05) is 37.3 Å². The highest BCUT2D eigenvalue weighted by molar-refractivity contribution is 6.04. The molecule has 2 N–H and O–H groups in total. The highest BCUT2D eigenvalue weighted by Gasteiger charge is 2.08. The minimum Gasteiger partial charge on any atom is -0.364 e. The number of carbonyl (C=O) groups excluding carboxylic acids is 1. The maximum absolute atomic E-state index is 11.1. The fourth-order valence-electron chi connectivity index (χ4n) is 1.52. The second-order valence-electron chi connectivity index (χ2n) is 3.20. The minimum atomic E-state index is -0.482. The Bertz CT molecular complexity index is 506. The van der Waals surface area contributed by atoms with E-state index in [2.05, 4.69) is 4.98 Å². The second kappa shape index (κ2) is 3.10. The van der Waals surface area contributed by atoms with E-state index < -0.39 is 5.91 Å². The lowest BCUT2D eigenvalue weighted by atomic mass is 10.1. The van der Waals surface area contributed by atoms with Crippen LogP contribution in [0.15, 0.2) is 30.3 Å². The first-order valence-corrected chi connectivity index (χ1v) is 4.34. The molecule has 0 aliphatic rings. The van der Waals surface area contributed by atoms with Crippen LogP contribution >= 0.6 is 0 Å². The largest absolute Gasteiger partial charge is 0.364 e. The number of pyridine rings is 1. The summed E-state index contributed by atoms with van der Waals surface area (Å²) in [5, 5.41) is 1.81. The molecule has 3 nitrogen and oxygen atoms in total. The van der Waals surface area contributed by atoms with Gasteiger partial charge in [-0.05, 0) is 18.4 Å². The van der Waals surface area contributed by atoms with Gasteiger partial charge >= 0.3 is 0 Å². The third-order valence-corrected chi connectivity index (χ3v) is 2.10. The van der Waals surface area contributed by atoms with E-state index in [9.17, 15) is 4.79 Å². The van der Waals surface area contributed by atoms with Crippen molar-refractivity contribution in [2.75, 3.05) is 0 Å². The van der Waals surface area contributed by atoms with Crippen LogP contribution < -0.4 is 5.73 Å². The summed E-state index contributed by atoms with van der Waals surface area (Å²) in [6.07, 6.45) is 0. The second-order valence-corrected chi connectivity index (χ2v) is 3.20. The number of primary amides is 1. The highest BCUT2D eigenvalue weighted by atomic mass is 16.1. The summed E-state index contributed by atoms with van der Waals surface area (Å²) in [5.74, 6) is -0.482. The first-order valence-electron chi connectivity index (χ1n) is 4.34. The fraction of sp³-hybridized carbons (Fsp3) is 0.0909. The number of hydrogen-bond donors (Lipinski definition) is 1. The molecule has 0 atom stereocenters. The molecule has 1 amide bonds. The Morgan fingerprint density at radius 2 is 2.07 bits per heavy atom. The number of hydrogen-bond acceptors (Lipinski definition) is 2. The van der Waals surface area contributed by atoms with Gasteiger partial charge in [-0.2, -0.15) is 0 Å². The monoisotopic (exact) mass is 186 g/mol. The van der Waals surface area contributed by atoms with Gasteiger partial charge in [-0.1, -0.05) is 24.3 Å². The summed E-state index contributed by atoms with van der Waals surface area (Å²) in [4.78, 5) is 15.3. The van der Waals surface area contributed by atoms with Crippen molar-refractivity contribution in [1.82, 2.24) is 4.98 Å². The normalized spacial score (nSPS) is 10.4. The molecule has 2 aromatic rings. The molecule has 14 heavy (non-hydrogen) atoms. The summed E-state index contributed by atoms with van der Waals surface area (Å²) in [6.45, 7) is 1.85. The van der Waals surface area contributed by atoms with E-state index in [-0.39, 0.29) is 0 Å². The number of rotatable bonds is 1. The third kappa shape index (κ3) is 1.33. The molecule has 1 heterocycles. The van der Waals surface area contributed by atoms with Crippen LogP contribution in [0.4, 0.5) is 0 Å². The molecule has 0 unspecified atom stereocenters. The summed E-state index contributed by atoms with van der Waals surface area (Å²) in [7, 11) is 0. The molecule has 0 radical (unpaired) electrons. The van der Waals surface area contributed by atoms with Gasteiger partial charge in [-0.15, -0.1) is 0 Å². The van der Waals surface area contributed by atoms with Gasteiger partial charge in [0.15, 0.2) is 0 Å². The van der Waals surface area contributed by atoms with Gasteiger partial charge in [0, 0.05) is 11.1 Å². The van der Waals surface area contributed by atoms with E-state index in [1.54, 1.807) is 0 Å². The summed E-state index contributed by atoms with van der Waals surface area (Å²) < 4.78 is 0. The van der Waals surface area contributed by atoms with Crippen LogP contribution in [-0.4, -0.2) is 10.9 Å². The predicted octanol–water partition coefficient (Wildman–Crippen LogP) is 1.64. The molecule has 70 valence electrons. The number of fused-ring (bicyclic) bond motifs is 1. The fourth-order valence-corrected chi connectivity index (χ4v) is 1.52. The standard InChI is InChI=1S/C11H10N2O/c1-7-6-8-4-2-3-5-9(8)10(13-7)11(12)14/h2-6H,1H3,(H2,12,14). The quantitative estimate of drug-likeness (QED) is 0.736. The van der Waals surface area contributed by atoms with Crippen molar-refractivity contribution in [3.05, 3.63) is 41.7 Å². The zero-order chi connectivity index (χ0) is 10.1. The molecule has 1 aromatic carbocycles. The summed E-state index contributed by atoms with van der Waals surface area (Å²) in [5.41, 5.74) is 6.40. The van der Waals surface area contributed by atoms with Crippen LogP contribution in [0.3, 0.4) is 0 Å². The van der Waals surface area contributed by atoms with E-state index in [4.69, 9.17) is 5.73 Å². The van der Waals surface area contributed by atoms with E-state index in [1.165, 1.54) is 0 Å². The molecule has 0 saturated heterocycles. The van der Waals surface area contributed by atoms with Gasteiger partial charge in [0.05, 0.1) is 0 Å². The zero-order valence-electron chi connectivity index (χ0n) is 7.82. The molecule has 3 heteroatoms. The van der Waals surface area contributed by atoms with Crippen molar-refractivity contribution in [2.45, 2.75) is 6.92 Å². The number of nitrogens with zero attached hydrogens (tertiary/aromatic N) is 1. The van der Waals surface area contributed by atoms with Crippen molar-refractivity contribution in [2.24, 2.45) is 5.73 Å². The summed E-state index contributed by atoms with van der Waals surface area (Å²) in [6, 6.07) is 9.51. The van der Waals surface area contributed by atoms with Gasteiger partial charge in [-0.3, -0.25) is 4.79 Å². The number of benzene rings is 1. The van der Waals surface area contributed by atoms with Crippen LogP contribution in [0.25, 0.3) is 10.8 Å². The van der Waals surface area contributed by atoms with E-state index in [0.717, 1.165) is 16.5 Å². The third-order valence-electron chi connectivity index (χ3n) is 2.10. The SMILES string of the molecule is Cc1cc2ccccc2c(C(N)=O)n1. The Labute approximate surface area is 81.6 Å². The molecule has 0 saturated carbocycles. The van der Waals surface area contributed by atoms with Crippen molar-refractivity contribution in [3.63, 3.8) is 0 Å². The molecule has 0 spiro atoms. The Balaban J connectivity index is 2.87. The van der Waals surface area contributed by atoms with Gasteiger partial charge in [0.1, 0.15) is 5.69 Å². The maximum Gasteiger partial charge on any atom is 0.267 e. The maximum atomic E-state index is 11.1. The van der Waals surface area contributed by atoms with Crippen molar-refractivity contribution in [3.8, 4) is 0 Å². The Morgan fingerprint density at radius 3 is 2.79 bits per heavy atom. The summed E-state index contributed by atoms with van der Waals surface area (Å²) >= 11 is 0. The topological polar surface area (TPSA) is 56.0 Å². The lowest BCUT2D eigenvalue weighted by Gasteiger charge is -2.03. The number of aryl methyl sites for hydroxylation is 1. The van der Waals surface area contributed by atoms with Gasteiger partial charge in [0.2, 0.25) is 0 Å². The van der Waals surface area contributed by atoms with Crippen molar-refractivity contribution < 1.29 is 4.79 Å². The van der Waals surface area contributed by atoms with Gasteiger partial charge < -0.3 is 5.73 Å². The number of carbonyl (C=O) groups is 1.